The molecule has 296 valence electrons. The summed E-state index contributed by atoms with van der Waals surface area (Å²) in [5.74, 6) is -1.15. The zero-order chi connectivity index (χ0) is 39.7. The van der Waals surface area contributed by atoms with Crippen molar-refractivity contribution in [1.29, 1.82) is 0 Å². The van der Waals surface area contributed by atoms with Gasteiger partial charge in [-0.3, -0.25) is 19.2 Å². The Morgan fingerprint density at radius 1 is 0.596 bits per heavy atom. The van der Waals surface area contributed by atoms with Crippen molar-refractivity contribution < 1.29 is 48.3 Å². The van der Waals surface area contributed by atoms with E-state index in [-0.39, 0.29) is 78.0 Å². The molecule has 0 aliphatic heterocycles. The Hall–Kier alpha value is -5.75. The van der Waals surface area contributed by atoms with Crippen molar-refractivity contribution in [2.75, 3.05) is 0 Å². The van der Waals surface area contributed by atoms with Crippen molar-refractivity contribution in [1.82, 2.24) is 4.98 Å². The molecule has 0 unspecified atom stereocenters. The van der Waals surface area contributed by atoms with Crippen molar-refractivity contribution in [3.05, 3.63) is 101 Å². The van der Waals surface area contributed by atoms with Crippen LogP contribution in [0.3, 0.4) is 0 Å². The first-order chi connectivity index (χ1) is 27.7. The summed E-state index contributed by atoms with van der Waals surface area (Å²) in [6.45, 7) is 0. The van der Waals surface area contributed by atoms with Crippen molar-refractivity contribution in [3.63, 3.8) is 0 Å². The maximum absolute atomic E-state index is 13.5. The predicted octanol–water partition coefficient (Wildman–Crippen LogP) is 8.65. The predicted molar refractivity (Wildman–Crippen MR) is 213 cm³/mol. The number of carbonyl (C=O) groups is 4. The van der Waals surface area contributed by atoms with Crippen LogP contribution in [0.4, 0.5) is 0 Å². The zero-order valence-electron chi connectivity index (χ0n) is 31.5. The van der Waals surface area contributed by atoms with E-state index in [1.165, 1.54) is 11.3 Å². The Balaban J connectivity index is 0.936. The molecule has 7 rings (SSSR count). The van der Waals surface area contributed by atoms with Gasteiger partial charge in [0.25, 0.3) is 0 Å². The molecule has 11 nitrogen and oxygen atoms in total. The molecule has 2 aliphatic carbocycles. The lowest BCUT2D eigenvalue weighted by Crippen LogP contribution is -2.30. The normalized spacial score (nSPS) is 19.4. The first-order valence-corrected chi connectivity index (χ1v) is 20.4. The summed E-state index contributed by atoms with van der Waals surface area (Å²) in [5, 5.41) is 21.4. The van der Waals surface area contributed by atoms with E-state index >= 15 is 0 Å². The monoisotopic (exact) mass is 791 g/mol. The number of rotatable bonds is 13. The number of fused-ring (bicyclic) bond motifs is 1. The lowest BCUT2D eigenvalue weighted by Gasteiger charge is -2.27. The number of ether oxygens (including phenoxy) is 4. The zero-order valence-corrected chi connectivity index (χ0v) is 32.3. The maximum atomic E-state index is 13.5. The molecular formula is C45H45NO10S. The van der Waals surface area contributed by atoms with Gasteiger partial charge in [0.1, 0.15) is 35.0 Å². The minimum atomic E-state index is -0.390. The highest BCUT2D eigenvalue weighted by atomic mass is 32.1. The van der Waals surface area contributed by atoms with Gasteiger partial charge in [-0.05, 0) is 135 Å². The molecule has 12 heteroatoms. The SMILES string of the molecule is O=C(CCc1ccc(O)cc1)OC1CCC(C(=O)Oc2ccc(OC(=O)C3CCC(OC(=O)CCc4ccc(O)cc4)CC3)c3nc(-c4cccs4)ccc23)CC1. The third kappa shape index (κ3) is 10.6. The molecule has 2 heterocycles. The van der Waals surface area contributed by atoms with Gasteiger partial charge in [0.2, 0.25) is 0 Å². The molecule has 2 N–H and O–H groups in total. The average molecular weight is 792 g/mol. The number of phenolic OH excluding ortho intramolecular Hbond substituents is 2. The molecular weight excluding hydrogens is 747 g/mol. The van der Waals surface area contributed by atoms with Crippen LogP contribution in [0, 0.1) is 11.8 Å². The molecule has 0 amide bonds. The molecule has 2 saturated carbocycles. The fourth-order valence-electron chi connectivity index (χ4n) is 7.42. The van der Waals surface area contributed by atoms with Crippen molar-refractivity contribution in [2.24, 2.45) is 11.8 Å². The second kappa shape index (κ2) is 18.5. The van der Waals surface area contributed by atoms with Crippen molar-refractivity contribution >= 4 is 46.1 Å². The highest BCUT2D eigenvalue weighted by molar-refractivity contribution is 7.13. The van der Waals surface area contributed by atoms with Crippen LogP contribution in [-0.4, -0.2) is 51.3 Å². The molecule has 0 bridgehead atoms. The fourth-order valence-corrected chi connectivity index (χ4v) is 8.12. The van der Waals surface area contributed by atoms with Crippen LogP contribution in [-0.2, 0) is 41.5 Å². The van der Waals surface area contributed by atoms with Gasteiger partial charge >= 0.3 is 23.9 Å². The Morgan fingerprint density at radius 2 is 1.09 bits per heavy atom. The van der Waals surface area contributed by atoms with E-state index in [4.69, 9.17) is 23.9 Å². The number of hydrogen-bond acceptors (Lipinski definition) is 12. The standard InChI is InChI=1S/C45H45NO10S/c47-32-13-3-28(4-14-32)7-25-41(49)53-34-17-9-30(10-18-34)44(51)55-38-23-24-39(43-36(38)21-22-37(46-43)40-2-1-27-57-40)56-45(52)31-11-19-35(20-12-31)54-42(50)26-8-29-5-15-33(48)16-6-29/h1-6,13-16,21-24,27,30-31,34-35,47-48H,7-12,17-20,25-26H2. The number of nitrogens with zero attached hydrogens (tertiary/aromatic N) is 1. The van der Waals surface area contributed by atoms with E-state index in [1.54, 1.807) is 60.7 Å². The van der Waals surface area contributed by atoms with Gasteiger partial charge in [-0.15, -0.1) is 11.3 Å². The molecule has 2 fully saturated rings. The quantitative estimate of drug-likeness (QED) is 0.0868. The van der Waals surface area contributed by atoms with E-state index in [2.05, 4.69) is 0 Å². The minimum Gasteiger partial charge on any atom is -0.508 e. The molecule has 2 aromatic heterocycles. The summed E-state index contributed by atoms with van der Waals surface area (Å²) in [6, 6.07) is 24.3. The van der Waals surface area contributed by atoms with Crippen LogP contribution in [0.25, 0.3) is 21.5 Å². The number of thiophene rings is 1. The molecule has 5 aromatic rings. The lowest BCUT2D eigenvalue weighted by atomic mass is 9.87. The van der Waals surface area contributed by atoms with Gasteiger partial charge in [0.05, 0.1) is 22.4 Å². The topological polar surface area (TPSA) is 159 Å². The van der Waals surface area contributed by atoms with E-state index in [0.29, 0.717) is 86.6 Å². The van der Waals surface area contributed by atoms with E-state index in [0.717, 1.165) is 16.0 Å². The first kappa shape index (κ1) is 39.5. The van der Waals surface area contributed by atoms with Crippen LogP contribution in [0.1, 0.15) is 75.3 Å². The van der Waals surface area contributed by atoms with Gasteiger partial charge in [0, 0.05) is 18.2 Å². The summed E-state index contributed by atoms with van der Waals surface area (Å²) in [7, 11) is 0. The third-order valence-corrected chi connectivity index (χ3v) is 11.6. The summed E-state index contributed by atoms with van der Waals surface area (Å²) in [5.41, 5.74) is 2.97. The summed E-state index contributed by atoms with van der Waals surface area (Å²) in [6.07, 6.45) is 5.23. The number of hydrogen-bond donors (Lipinski definition) is 2. The van der Waals surface area contributed by atoms with Gasteiger partial charge in [-0.25, -0.2) is 4.98 Å². The third-order valence-electron chi connectivity index (χ3n) is 10.7. The number of aromatic hydroxyl groups is 2. The Bertz CT molecular complexity index is 2170. The fraction of sp³-hybridized carbons (Fsp3) is 0.356. The summed E-state index contributed by atoms with van der Waals surface area (Å²) in [4.78, 5) is 57.8. The number of carbonyl (C=O) groups excluding carboxylic acids is 4. The summed E-state index contributed by atoms with van der Waals surface area (Å²) < 4.78 is 23.4. The molecule has 0 radical (unpaired) electrons. The van der Waals surface area contributed by atoms with Crippen molar-refractivity contribution in [2.45, 2.75) is 89.3 Å². The van der Waals surface area contributed by atoms with Crippen LogP contribution in [0.2, 0.25) is 0 Å². The Labute approximate surface area is 334 Å². The highest BCUT2D eigenvalue weighted by Crippen LogP contribution is 2.38. The smallest absolute Gasteiger partial charge is 0.314 e. The largest absolute Gasteiger partial charge is 0.508 e. The number of pyridine rings is 1. The second-order valence-electron chi connectivity index (χ2n) is 14.7. The van der Waals surface area contributed by atoms with Crippen LogP contribution < -0.4 is 9.47 Å². The average Bonchev–Trinajstić information content (AvgIpc) is 3.77. The first-order valence-electron chi connectivity index (χ1n) is 19.5. The number of benzene rings is 3. The second-order valence-corrected chi connectivity index (χ2v) is 15.7. The van der Waals surface area contributed by atoms with Crippen LogP contribution in [0.5, 0.6) is 23.0 Å². The summed E-state index contributed by atoms with van der Waals surface area (Å²) >= 11 is 1.53. The van der Waals surface area contributed by atoms with Gasteiger partial charge in [0.15, 0.2) is 5.75 Å². The van der Waals surface area contributed by atoms with E-state index in [1.807, 2.05) is 29.6 Å². The van der Waals surface area contributed by atoms with Crippen LogP contribution >= 0.6 is 11.3 Å². The van der Waals surface area contributed by atoms with Crippen LogP contribution in [0.15, 0.2) is 90.3 Å². The van der Waals surface area contributed by atoms with Gasteiger partial charge in [-0.1, -0.05) is 30.3 Å². The maximum Gasteiger partial charge on any atom is 0.314 e. The van der Waals surface area contributed by atoms with Gasteiger partial charge in [-0.2, -0.15) is 0 Å². The Morgan fingerprint density at radius 3 is 1.58 bits per heavy atom. The Kier molecular flexibility index (Phi) is 12.8. The van der Waals surface area contributed by atoms with E-state index in [9.17, 15) is 29.4 Å². The minimum absolute atomic E-state index is 0.176. The van der Waals surface area contributed by atoms with Crippen molar-refractivity contribution in [3.8, 4) is 33.6 Å². The molecule has 57 heavy (non-hydrogen) atoms. The highest BCUT2D eigenvalue weighted by Gasteiger charge is 2.32. The number of phenols is 2. The molecule has 2 aliphatic rings. The molecule has 0 spiro atoms. The molecule has 3 aromatic carbocycles. The lowest BCUT2D eigenvalue weighted by molar-refractivity contribution is -0.153. The molecule has 0 atom stereocenters. The number of esters is 4. The van der Waals surface area contributed by atoms with E-state index < -0.39 is 0 Å². The molecule has 0 saturated heterocycles. The number of aryl methyl sites for hydroxylation is 2. The van der Waals surface area contributed by atoms with Gasteiger partial charge < -0.3 is 29.2 Å². The number of aromatic nitrogens is 1.